The van der Waals surface area contributed by atoms with Crippen LogP contribution in [-0.4, -0.2) is 34.5 Å². The zero-order valence-electron chi connectivity index (χ0n) is 18.3. The van der Waals surface area contributed by atoms with Gasteiger partial charge in [-0.3, -0.25) is 4.52 Å². The SMILES string of the molecule is CC(C)=CCC/C(C)=C/CC/C(C)=C/COCC1CC1COP(=O)(O)OP(=O)(O)O. The molecule has 3 N–H and O–H groups in total. The van der Waals surface area contributed by atoms with Crippen LogP contribution in [0.5, 0.6) is 0 Å². The number of ether oxygens (including phenoxy) is 1. The van der Waals surface area contributed by atoms with Crippen LogP contribution in [0.4, 0.5) is 0 Å². The second-order valence-corrected chi connectivity index (χ2v) is 10.9. The van der Waals surface area contributed by atoms with Crippen LogP contribution < -0.4 is 0 Å². The fraction of sp³-hybridized carbons (Fsp3) is 0.700. The topological polar surface area (TPSA) is 123 Å². The summed E-state index contributed by atoms with van der Waals surface area (Å²) in [7, 11) is -9.82. The summed E-state index contributed by atoms with van der Waals surface area (Å²) in [6.07, 6.45) is 11.6. The lowest BCUT2D eigenvalue weighted by Crippen LogP contribution is -2.03. The average molecular weight is 466 g/mol. The zero-order chi connectivity index (χ0) is 22.8. The Balaban J connectivity index is 2.14. The van der Waals surface area contributed by atoms with Crippen molar-refractivity contribution in [2.24, 2.45) is 11.8 Å². The third kappa shape index (κ3) is 14.4. The molecule has 1 fully saturated rings. The molecule has 1 aliphatic carbocycles. The summed E-state index contributed by atoms with van der Waals surface area (Å²) in [6, 6.07) is 0. The van der Waals surface area contributed by atoms with Crippen molar-refractivity contribution in [3.8, 4) is 0 Å². The van der Waals surface area contributed by atoms with E-state index in [0.29, 0.717) is 13.2 Å². The van der Waals surface area contributed by atoms with Crippen LogP contribution >= 0.6 is 15.6 Å². The van der Waals surface area contributed by atoms with Crippen LogP contribution in [0.1, 0.15) is 59.8 Å². The smallest absolute Gasteiger partial charge is 0.377 e. The van der Waals surface area contributed by atoms with Gasteiger partial charge in [-0.1, -0.05) is 34.9 Å². The Morgan fingerprint density at radius 1 is 0.900 bits per heavy atom. The summed E-state index contributed by atoms with van der Waals surface area (Å²) in [4.78, 5) is 26.3. The van der Waals surface area contributed by atoms with Gasteiger partial charge in [0.05, 0.1) is 19.8 Å². The molecule has 0 aromatic rings. The predicted molar refractivity (Wildman–Crippen MR) is 117 cm³/mol. The van der Waals surface area contributed by atoms with E-state index >= 15 is 0 Å². The third-order valence-electron chi connectivity index (χ3n) is 4.73. The first-order valence-corrected chi connectivity index (χ1v) is 13.2. The van der Waals surface area contributed by atoms with Crippen LogP contribution in [-0.2, 0) is 22.7 Å². The molecule has 174 valence electrons. The molecule has 0 radical (unpaired) electrons. The van der Waals surface area contributed by atoms with Crippen molar-refractivity contribution in [3.05, 3.63) is 34.9 Å². The Morgan fingerprint density at radius 3 is 2.07 bits per heavy atom. The number of phosphoric ester groups is 1. The summed E-state index contributed by atoms with van der Waals surface area (Å²) in [5, 5.41) is 0. The number of allylic oxidation sites excluding steroid dienone is 5. The fourth-order valence-electron chi connectivity index (χ4n) is 2.83. The monoisotopic (exact) mass is 466 g/mol. The molecule has 10 heteroatoms. The Bertz CT molecular complexity index is 718. The molecule has 0 aliphatic heterocycles. The van der Waals surface area contributed by atoms with Gasteiger partial charge in [-0.15, -0.1) is 0 Å². The number of rotatable bonds is 15. The molecule has 1 saturated carbocycles. The molecule has 0 bridgehead atoms. The van der Waals surface area contributed by atoms with Crippen molar-refractivity contribution >= 4 is 15.6 Å². The van der Waals surface area contributed by atoms with Crippen molar-refractivity contribution < 1.29 is 37.4 Å². The van der Waals surface area contributed by atoms with Crippen molar-refractivity contribution in [3.63, 3.8) is 0 Å². The lowest BCUT2D eigenvalue weighted by molar-refractivity contribution is 0.135. The van der Waals surface area contributed by atoms with E-state index in [9.17, 15) is 14.0 Å². The van der Waals surface area contributed by atoms with Gasteiger partial charge >= 0.3 is 15.6 Å². The summed E-state index contributed by atoms with van der Waals surface area (Å²) in [5.41, 5.74) is 4.04. The standard InChI is InChI=1S/C20H36O8P2/c1-16(2)7-5-8-17(3)9-6-10-18(4)11-12-26-14-19-13-20(19)15-27-30(24,25)28-29(21,22)23/h7,9,11,19-20H,5-6,8,10,12-15H2,1-4H3,(H,24,25)(H2,21,22,23)/b17-9+,18-11+. The first-order chi connectivity index (χ1) is 13.9. The van der Waals surface area contributed by atoms with Gasteiger partial charge in [0.1, 0.15) is 0 Å². The first kappa shape index (κ1) is 27.5. The van der Waals surface area contributed by atoms with Crippen molar-refractivity contribution in [2.75, 3.05) is 19.8 Å². The zero-order valence-corrected chi connectivity index (χ0v) is 20.1. The van der Waals surface area contributed by atoms with Crippen LogP contribution in [0.2, 0.25) is 0 Å². The average Bonchev–Trinajstić information content (AvgIpc) is 3.33. The Kier molecular flexibility index (Phi) is 12.0. The normalized spacial score (nSPS) is 22.0. The first-order valence-electron chi connectivity index (χ1n) is 10.1. The molecule has 0 amide bonds. The highest BCUT2D eigenvalue weighted by Gasteiger charge is 2.40. The summed E-state index contributed by atoms with van der Waals surface area (Å²) < 4.78 is 36.0. The van der Waals surface area contributed by atoms with Crippen LogP contribution in [0.15, 0.2) is 34.9 Å². The molecule has 0 aromatic carbocycles. The quantitative estimate of drug-likeness (QED) is 0.169. The Hall–Kier alpha value is -0.560. The summed E-state index contributed by atoms with van der Waals surface area (Å²) >= 11 is 0. The highest BCUT2D eigenvalue weighted by molar-refractivity contribution is 7.60. The van der Waals surface area contributed by atoms with Gasteiger partial charge in [-0.05, 0) is 71.6 Å². The molecule has 0 saturated heterocycles. The lowest BCUT2D eigenvalue weighted by atomic mass is 10.1. The van der Waals surface area contributed by atoms with Gasteiger partial charge in [0.2, 0.25) is 0 Å². The van der Waals surface area contributed by atoms with Crippen molar-refractivity contribution in [2.45, 2.75) is 59.8 Å². The molecule has 0 aromatic heterocycles. The van der Waals surface area contributed by atoms with E-state index in [-0.39, 0.29) is 18.4 Å². The van der Waals surface area contributed by atoms with Crippen LogP contribution in [0.3, 0.4) is 0 Å². The number of phosphoric acid groups is 2. The van der Waals surface area contributed by atoms with Gasteiger partial charge in [0, 0.05) is 0 Å². The van der Waals surface area contributed by atoms with E-state index in [1.807, 2.05) is 0 Å². The maximum Gasteiger partial charge on any atom is 0.481 e. The molecular formula is C20H36O8P2. The summed E-state index contributed by atoms with van der Waals surface area (Å²) in [5.74, 6) is 0.232. The van der Waals surface area contributed by atoms with E-state index in [1.54, 1.807) is 0 Å². The third-order valence-corrected chi connectivity index (χ3v) is 6.89. The van der Waals surface area contributed by atoms with Gasteiger partial charge < -0.3 is 19.4 Å². The maximum atomic E-state index is 11.4. The molecule has 0 spiro atoms. The Morgan fingerprint density at radius 2 is 1.47 bits per heavy atom. The van der Waals surface area contributed by atoms with Gasteiger partial charge in [-0.25, -0.2) is 9.13 Å². The van der Waals surface area contributed by atoms with Crippen molar-refractivity contribution in [1.29, 1.82) is 0 Å². The highest BCUT2D eigenvalue weighted by Crippen LogP contribution is 2.58. The van der Waals surface area contributed by atoms with E-state index in [0.717, 1.165) is 32.1 Å². The van der Waals surface area contributed by atoms with Crippen molar-refractivity contribution in [1.82, 2.24) is 0 Å². The van der Waals surface area contributed by atoms with E-state index in [4.69, 9.17) is 14.5 Å². The highest BCUT2D eigenvalue weighted by atomic mass is 31.3. The van der Waals surface area contributed by atoms with Crippen LogP contribution in [0.25, 0.3) is 0 Å². The van der Waals surface area contributed by atoms with Gasteiger partial charge in [-0.2, -0.15) is 4.31 Å². The van der Waals surface area contributed by atoms with Crippen LogP contribution in [0, 0.1) is 11.8 Å². The van der Waals surface area contributed by atoms with Gasteiger partial charge in [0.25, 0.3) is 0 Å². The molecule has 1 aliphatic rings. The lowest BCUT2D eigenvalue weighted by Gasteiger charge is -2.12. The molecule has 3 unspecified atom stereocenters. The molecule has 30 heavy (non-hydrogen) atoms. The number of hydrogen-bond acceptors (Lipinski definition) is 5. The van der Waals surface area contributed by atoms with E-state index < -0.39 is 15.6 Å². The summed E-state index contributed by atoms with van der Waals surface area (Å²) in [6.45, 7) is 9.41. The molecular weight excluding hydrogens is 430 g/mol. The molecule has 3 atom stereocenters. The fourth-order valence-corrected chi connectivity index (χ4v) is 4.47. The molecule has 8 nitrogen and oxygen atoms in total. The largest absolute Gasteiger partial charge is 0.481 e. The minimum atomic E-state index is -5.07. The second kappa shape index (κ2) is 13.1. The van der Waals surface area contributed by atoms with E-state index in [1.165, 1.54) is 16.7 Å². The molecule has 0 heterocycles. The van der Waals surface area contributed by atoms with Gasteiger partial charge in [0.15, 0.2) is 0 Å². The minimum absolute atomic E-state index is 0.0235. The second-order valence-electron chi connectivity index (χ2n) is 8.09. The maximum absolute atomic E-state index is 11.4. The minimum Gasteiger partial charge on any atom is -0.377 e. The Labute approximate surface area is 179 Å². The van der Waals surface area contributed by atoms with E-state index in [2.05, 4.69) is 54.8 Å². The molecule has 1 rings (SSSR count). The number of hydrogen-bond donors (Lipinski definition) is 3. The predicted octanol–water partition coefficient (Wildman–Crippen LogP) is 5.28.